The Morgan fingerprint density at radius 1 is 1.44 bits per heavy atom. The van der Waals surface area contributed by atoms with Crippen LogP contribution in [-0.4, -0.2) is 34.5 Å². The summed E-state index contributed by atoms with van der Waals surface area (Å²) in [5.74, 6) is 0.277. The SMILES string of the molecule is Cc1ccc(C(NC(=O)O)C2CCNCC2)nn1. The van der Waals surface area contributed by atoms with Crippen LogP contribution >= 0.6 is 0 Å². The fraction of sp³-hybridized carbons (Fsp3) is 0.583. The molecule has 1 aromatic heterocycles. The van der Waals surface area contributed by atoms with Gasteiger partial charge in [-0.15, -0.1) is 0 Å². The lowest BCUT2D eigenvalue weighted by atomic mass is 9.88. The molecule has 6 nitrogen and oxygen atoms in total. The van der Waals surface area contributed by atoms with Crippen molar-refractivity contribution in [1.29, 1.82) is 0 Å². The summed E-state index contributed by atoms with van der Waals surface area (Å²) in [6.07, 6.45) is 0.877. The highest BCUT2D eigenvalue weighted by molar-refractivity contribution is 5.65. The summed E-state index contributed by atoms with van der Waals surface area (Å²) in [6.45, 7) is 3.70. The van der Waals surface area contributed by atoms with Crippen LogP contribution in [0.5, 0.6) is 0 Å². The van der Waals surface area contributed by atoms with E-state index in [0.717, 1.165) is 31.6 Å². The van der Waals surface area contributed by atoms with E-state index in [4.69, 9.17) is 5.11 Å². The second-order valence-corrected chi connectivity index (χ2v) is 4.61. The van der Waals surface area contributed by atoms with Gasteiger partial charge in [0.15, 0.2) is 0 Å². The molecule has 6 heteroatoms. The van der Waals surface area contributed by atoms with Crippen LogP contribution in [0, 0.1) is 12.8 Å². The second-order valence-electron chi connectivity index (χ2n) is 4.61. The topological polar surface area (TPSA) is 87.1 Å². The maximum Gasteiger partial charge on any atom is 0.405 e. The first-order valence-corrected chi connectivity index (χ1v) is 6.17. The minimum atomic E-state index is -1.01. The number of rotatable bonds is 3. The first-order valence-electron chi connectivity index (χ1n) is 6.17. The van der Waals surface area contributed by atoms with Gasteiger partial charge in [0.05, 0.1) is 17.4 Å². The number of hydrogen-bond acceptors (Lipinski definition) is 4. The molecular formula is C12H18N4O2. The molecule has 98 valence electrons. The van der Waals surface area contributed by atoms with Crippen LogP contribution in [0.2, 0.25) is 0 Å². The molecule has 1 unspecified atom stereocenters. The molecule has 0 aliphatic carbocycles. The molecule has 1 saturated heterocycles. The molecule has 1 aromatic rings. The van der Waals surface area contributed by atoms with Crippen molar-refractivity contribution < 1.29 is 9.90 Å². The van der Waals surface area contributed by atoms with Gasteiger partial charge in [0.25, 0.3) is 0 Å². The third-order valence-electron chi connectivity index (χ3n) is 3.27. The number of nitrogens with one attached hydrogen (secondary N) is 2. The van der Waals surface area contributed by atoms with Crippen LogP contribution in [-0.2, 0) is 0 Å². The highest BCUT2D eigenvalue weighted by atomic mass is 16.4. The average molecular weight is 250 g/mol. The van der Waals surface area contributed by atoms with E-state index in [1.54, 1.807) is 0 Å². The van der Waals surface area contributed by atoms with Crippen molar-refractivity contribution in [1.82, 2.24) is 20.8 Å². The molecule has 1 aliphatic heterocycles. The molecule has 0 aromatic carbocycles. The van der Waals surface area contributed by atoms with Crippen LogP contribution in [0.3, 0.4) is 0 Å². The fourth-order valence-corrected chi connectivity index (χ4v) is 2.32. The van der Waals surface area contributed by atoms with Crippen molar-refractivity contribution in [3.8, 4) is 0 Å². The van der Waals surface area contributed by atoms with Gasteiger partial charge in [-0.25, -0.2) is 4.79 Å². The Balaban J connectivity index is 2.17. The van der Waals surface area contributed by atoms with Crippen molar-refractivity contribution >= 4 is 6.09 Å². The molecule has 1 amide bonds. The van der Waals surface area contributed by atoms with Crippen molar-refractivity contribution in [2.75, 3.05) is 13.1 Å². The summed E-state index contributed by atoms with van der Waals surface area (Å²) < 4.78 is 0. The van der Waals surface area contributed by atoms with E-state index in [2.05, 4.69) is 20.8 Å². The zero-order valence-electron chi connectivity index (χ0n) is 10.4. The van der Waals surface area contributed by atoms with Gasteiger partial charge in [0.1, 0.15) is 0 Å². The Kier molecular flexibility index (Phi) is 4.09. The third kappa shape index (κ3) is 3.16. The monoisotopic (exact) mass is 250 g/mol. The van der Waals surface area contributed by atoms with Crippen LogP contribution in [0.25, 0.3) is 0 Å². The van der Waals surface area contributed by atoms with Crippen LogP contribution in [0.1, 0.15) is 30.3 Å². The summed E-state index contributed by atoms with van der Waals surface area (Å²) in [5.41, 5.74) is 1.54. The Hall–Kier alpha value is -1.69. The lowest BCUT2D eigenvalue weighted by molar-refractivity contribution is 0.178. The summed E-state index contributed by atoms with van der Waals surface area (Å²) in [5, 5.41) is 22.9. The summed E-state index contributed by atoms with van der Waals surface area (Å²) in [6, 6.07) is 3.45. The highest BCUT2D eigenvalue weighted by Gasteiger charge is 2.27. The molecule has 0 saturated carbocycles. The Labute approximate surface area is 106 Å². The zero-order chi connectivity index (χ0) is 13.0. The standard InChI is InChI=1S/C12H18N4O2/c1-8-2-3-10(16-15-8)11(14-12(17)18)9-4-6-13-7-5-9/h2-3,9,11,13-14H,4-7H2,1H3,(H,17,18). The van der Waals surface area contributed by atoms with Gasteiger partial charge in [-0.2, -0.15) is 10.2 Å². The summed E-state index contributed by atoms with van der Waals surface area (Å²) in [4.78, 5) is 10.9. The maximum absolute atomic E-state index is 10.9. The molecule has 18 heavy (non-hydrogen) atoms. The normalized spacial score (nSPS) is 18.3. The van der Waals surface area contributed by atoms with E-state index >= 15 is 0 Å². The van der Waals surface area contributed by atoms with Crippen molar-refractivity contribution in [2.45, 2.75) is 25.8 Å². The quantitative estimate of drug-likeness (QED) is 0.747. The van der Waals surface area contributed by atoms with Crippen molar-refractivity contribution in [3.63, 3.8) is 0 Å². The van der Waals surface area contributed by atoms with E-state index in [0.29, 0.717) is 5.69 Å². The van der Waals surface area contributed by atoms with Gasteiger partial charge in [0, 0.05) is 0 Å². The molecule has 0 radical (unpaired) electrons. The van der Waals surface area contributed by atoms with E-state index < -0.39 is 6.09 Å². The van der Waals surface area contributed by atoms with Crippen LogP contribution in [0.4, 0.5) is 4.79 Å². The van der Waals surface area contributed by atoms with Gasteiger partial charge in [0.2, 0.25) is 0 Å². The highest BCUT2D eigenvalue weighted by Crippen LogP contribution is 2.27. The Bertz CT molecular complexity index is 401. The lowest BCUT2D eigenvalue weighted by Gasteiger charge is -2.29. The first kappa shape index (κ1) is 12.8. The largest absolute Gasteiger partial charge is 0.465 e. The lowest BCUT2D eigenvalue weighted by Crippen LogP contribution is -2.38. The average Bonchev–Trinajstić information content (AvgIpc) is 2.38. The van der Waals surface area contributed by atoms with Gasteiger partial charge in [-0.05, 0) is 50.9 Å². The van der Waals surface area contributed by atoms with E-state index in [-0.39, 0.29) is 12.0 Å². The predicted molar refractivity (Wildman–Crippen MR) is 66.3 cm³/mol. The Morgan fingerprint density at radius 2 is 2.17 bits per heavy atom. The summed E-state index contributed by atoms with van der Waals surface area (Å²) >= 11 is 0. The van der Waals surface area contributed by atoms with Crippen LogP contribution in [0.15, 0.2) is 12.1 Å². The minimum absolute atomic E-state index is 0.266. The Morgan fingerprint density at radius 3 is 2.72 bits per heavy atom. The molecule has 1 fully saturated rings. The van der Waals surface area contributed by atoms with Crippen LogP contribution < -0.4 is 10.6 Å². The molecule has 1 aliphatic rings. The number of amides is 1. The number of hydrogen-bond donors (Lipinski definition) is 3. The first-order chi connectivity index (χ1) is 8.66. The molecule has 2 heterocycles. The number of aryl methyl sites for hydroxylation is 1. The van der Waals surface area contributed by atoms with Crippen molar-refractivity contribution in [2.24, 2.45) is 5.92 Å². The van der Waals surface area contributed by atoms with E-state index in [9.17, 15) is 4.79 Å². The number of aromatic nitrogens is 2. The molecule has 2 rings (SSSR count). The van der Waals surface area contributed by atoms with E-state index in [1.807, 2.05) is 19.1 Å². The van der Waals surface area contributed by atoms with Gasteiger partial charge >= 0.3 is 6.09 Å². The molecule has 0 bridgehead atoms. The van der Waals surface area contributed by atoms with Crippen molar-refractivity contribution in [3.05, 3.63) is 23.5 Å². The minimum Gasteiger partial charge on any atom is -0.465 e. The maximum atomic E-state index is 10.9. The van der Waals surface area contributed by atoms with Gasteiger partial charge in [-0.3, -0.25) is 0 Å². The molecule has 1 atom stereocenters. The number of carboxylic acid groups (broad SMARTS) is 1. The number of piperidine rings is 1. The third-order valence-corrected chi connectivity index (χ3v) is 3.27. The molecule has 3 N–H and O–H groups in total. The van der Waals surface area contributed by atoms with Gasteiger partial charge in [-0.1, -0.05) is 0 Å². The second kappa shape index (κ2) is 5.77. The zero-order valence-corrected chi connectivity index (χ0v) is 10.4. The van der Waals surface area contributed by atoms with Gasteiger partial charge < -0.3 is 15.7 Å². The number of nitrogens with zero attached hydrogens (tertiary/aromatic N) is 2. The molecular weight excluding hydrogens is 232 g/mol. The molecule has 0 spiro atoms. The van der Waals surface area contributed by atoms with E-state index in [1.165, 1.54) is 0 Å². The smallest absolute Gasteiger partial charge is 0.405 e. The summed E-state index contributed by atoms with van der Waals surface area (Å²) in [7, 11) is 0. The number of carbonyl (C=O) groups is 1. The fourth-order valence-electron chi connectivity index (χ4n) is 2.32. The predicted octanol–water partition coefficient (Wildman–Crippen LogP) is 1.09.